The van der Waals surface area contributed by atoms with Gasteiger partial charge in [0, 0.05) is 26.7 Å². The van der Waals surface area contributed by atoms with E-state index >= 15 is 0 Å². The fourth-order valence-corrected chi connectivity index (χ4v) is 1.84. The fourth-order valence-electron chi connectivity index (χ4n) is 1.84. The molecule has 0 aliphatic heterocycles. The summed E-state index contributed by atoms with van der Waals surface area (Å²) >= 11 is 0. The van der Waals surface area contributed by atoms with Gasteiger partial charge in [-0.1, -0.05) is 26.7 Å². The van der Waals surface area contributed by atoms with Crippen LogP contribution < -0.4 is 16.0 Å². The SMILES string of the molecule is CCC(CC)CNC(=NC)NCCCNC(=O)OC(C)(C)C. The number of guanidine groups is 1. The van der Waals surface area contributed by atoms with Crippen molar-refractivity contribution in [2.75, 3.05) is 26.7 Å². The van der Waals surface area contributed by atoms with Gasteiger partial charge in [-0.3, -0.25) is 4.99 Å². The minimum Gasteiger partial charge on any atom is -0.444 e. The zero-order valence-corrected chi connectivity index (χ0v) is 15.1. The normalized spacial score (nSPS) is 12.2. The lowest BCUT2D eigenvalue weighted by atomic mass is 10.0. The van der Waals surface area contributed by atoms with Crippen molar-refractivity contribution in [2.45, 2.75) is 59.5 Å². The molecule has 0 aliphatic rings. The summed E-state index contributed by atoms with van der Waals surface area (Å²) in [6.07, 6.45) is 2.77. The Labute approximate surface area is 135 Å². The van der Waals surface area contributed by atoms with Crippen molar-refractivity contribution >= 4 is 12.1 Å². The van der Waals surface area contributed by atoms with Crippen LogP contribution in [0.5, 0.6) is 0 Å². The Bertz CT molecular complexity index is 334. The Kier molecular flexibility index (Phi) is 10.4. The van der Waals surface area contributed by atoms with Crippen LogP contribution in [0.2, 0.25) is 0 Å². The maximum Gasteiger partial charge on any atom is 0.407 e. The lowest BCUT2D eigenvalue weighted by molar-refractivity contribution is 0.0527. The Morgan fingerprint density at radius 2 is 1.68 bits per heavy atom. The molecule has 6 nitrogen and oxygen atoms in total. The van der Waals surface area contributed by atoms with Crippen molar-refractivity contribution in [2.24, 2.45) is 10.9 Å². The quantitative estimate of drug-likeness (QED) is 0.365. The molecular formula is C16H34N4O2. The van der Waals surface area contributed by atoms with Crippen LogP contribution in [0.1, 0.15) is 53.9 Å². The maximum atomic E-state index is 11.5. The number of amides is 1. The van der Waals surface area contributed by atoms with Crippen molar-refractivity contribution in [3.63, 3.8) is 0 Å². The summed E-state index contributed by atoms with van der Waals surface area (Å²) in [6, 6.07) is 0. The molecule has 1 amide bonds. The summed E-state index contributed by atoms with van der Waals surface area (Å²) in [6.45, 7) is 12.2. The smallest absolute Gasteiger partial charge is 0.407 e. The van der Waals surface area contributed by atoms with E-state index in [-0.39, 0.29) is 6.09 Å². The lowest BCUT2D eigenvalue weighted by Crippen LogP contribution is -2.41. The number of nitrogens with zero attached hydrogens (tertiary/aromatic N) is 1. The van der Waals surface area contributed by atoms with E-state index in [0.29, 0.717) is 12.5 Å². The van der Waals surface area contributed by atoms with Gasteiger partial charge in [-0.2, -0.15) is 0 Å². The molecule has 0 unspecified atom stereocenters. The minimum atomic E-state index is -0.455. The second-order valence-electron chi connectivity index (χ2n) is 6.34. The molecule has 130 valence electrons. The van der Waals surface area contributed by atoms with E-state index in [9.17, 15) is 4.79 Å². The molecule has 0 aromatic heterocycles. The summed E-state index contributed by atoms with van der Waals surface area (Å²) in [5, 5.41) is 9.31. The zero-order valence-electron chi connectivity index (χ0n) is 15.1. The van der Waals surface area contributed by atoms with Crippen molar-refractivity contribution < 1.29 is 9.53 Å². The van der Waals surface area contributed by atoms with Gasteiger partial charge in [-0.15, -0.1) is 0 Å². The first-order valence-electron chi connectivity index (χ1n) is 8.23. The molecule has 6 heteroatoms. The molecular weight excluding hydrogens is 280 g/mol. The molecule has 3 N–H and O–H groups in total. The molecule has 0 spiro atoms. The molecule has 0 heterocycles. The standard InChI is InChI=1S/C16H34N4O2/c1-7-13(8-2)12-20-14(17-6)18-10-9-11-19-15(21)22-16(3,4)5/h13H,7-12H2,1-6H3,(H,19,21)(H2,17,18,20). The largest absolute Gasteiger partial charge is 0.444 e. The molecule has 0 atom stereocenters. The first-order valence-corrected chi connectivity index (χ1v) is 8.23. The van der Waals surface area contributed by atoms with Gasteiger partial charge in [0.05, 0.1) is 0 Å². The van der Waals surface area contributed by atoms with E-state index in [0.717, 1.165) is 25.5 Å². The highest BCUT2D eigenvalue weighted by Crippen LogP contribution is 2.06. The number of carbonyl (C=O) groups is 1. The first-order chi connectivity index (χ1) is 10.3. The Morgan fingerprint density at radius 3 is 2.18 bits per heavy atom. The topological polar surface area (TPSA) is 74.8 Å². The summed E-state index contributed by atoms with van der Waals surface area (Å²) in [5.74, 6) is 1.48. The van der Waals surface area contributed by atoms with Crippen molar-refractivity contribution in [3.05, 3.63) is 0 Å². The van der Waals surface area contributed by atoms with Crippen LogP contribution in [-0.4, -0.2) is 44.3 Å². The van der Waals surface area contributed by atoms with Crippen molar-refractivity contribution in [3.8, 4) is 0 Å². The van der Waals surface area contributed by atoms with Gasteiger partial charge < -0.3 is 20.7 Å². The van der Waals surface area contributed by atoms with Crippen LogP contribution in [0.25, 0.3) is 0 Å². The number of carbonyl (C=O) groups excluding carboxylic acids is 1. The van der Waals surface area contributed by atoms with Gasteiger partial charge in [0.1, 0.15) is 5.60 Å². The molecule has 0 aromatic carbocycles. The average Bonchev–Trinajstić information content (AvgIpc) is 2.43. The molecule has 22 heavy (non-hydrogen) atoms. The highest BCUT2D eigenvalue weighted by atomic mass is 16.6. The highest BCUT2D eigenvalue weighted by Gasteiger charge is 2.15. The van der Waals surface area contributed by atoms with Gasteiger partial charge in [0.2, 0.25) is 0 Å². The summed E-state index contributed by atoms with van der Waals surface area (Å²) in [4.78, 5) is 15.7. The monoisotopic (exact) mass is 314 g/mol. The maximum absolute atomic E-state index is 11.5. The van der Waals surface area contributed by atoms with Gasteiger partial charge in [-0.05, 0) is 33.1 Å². The molecule has 0 aliphatic carbocycles. The van der Waals surface area contributed by atoms with Crippen LogP contribution in [0, 0.1) is 5.92 Å². The third-order valence-electron chi connectivity index (χ3n) is 3.25. The number of rotatable bonds is 8. The number of nitrogens with one attached hydrogen (secondary N) is 3. The zero-order chi connectivity index (χ0) is 17.0. The van der Waals surface area contributed by atoms with Crippen LogP contribution in [0.4, 0.5) is 4.79 Å². The Balaban J connectivity index is 3.78. The molecule has 0 saturated carbocycles. The highest BCUT2D eigenvalue weighted by molar-refractivity contribution is 5.79. The second-order valence-corrected chi connectivity index (χ2v) is 6.34. The summed E-state index contributed by atoms with van der Waals surface area (Å²) in [7, 11) is 1.77. The second kappa shape index (κ2) is 11.2. The predicted molar refractivity (Wildman–Crippen MR) is 92.3 cm³/mol. The molecule has 0 rings (SSSR count). The van der Waals surface area contributed by atoms with E-state index in [4.69, 9.17) is 4.74 Å². The van der Waals surface area contributed by atoms with Crippen molar-refractivity contribution in [1.82, 2.24) is 16.0 Å². The van der Waals surface area contributed by atoms with Crippen LogP contribution >= 0.6 is 0 Å². The van der Waals surface area contributed by atoms with Gasteiger partial charge in [0.15, 0.2) is 5.96 Å². The van der Waals surface area contributed by atoms with Gasteiger partial charge >= 0.3 is 6.09 Å². The van der Waals surface area contributed by atoms with E-state index in [1.54, 1.807) is 7.05 Å². The van der Waals surface area contributed by atoms with E-state index in [1.807, 2.05) is 20.8 Å². The first kappa shape index (κ1) is 20.5. The Morgan fingerprint density at radius 1 is 1.09 bits per heavy atom. The summed E-state index contributed by atoms with van der Waals surface area (Å²) < 4.78 is 5.17. The third-order valence-corrected chi connectivity index (χ3v) is 3.25. The number of hydrogen-bond donors (Lipinski definition) is 3. The van der Waals surface area contributed by atoms with E-state index in [1.165, 1.54) is 12.8 Å². The fraction of sp³-hybridized carbons (Fsp3) is 0.875. The third kappa shape index (κ3) is 11.2. The van der Waals surface area contributed by atoms with Crippen LogP contribution in [0.15, 0.2) is 4.99 Å². The van der Waals surface area contributed by atoms with Crippen LogP contribution in [0.3, 0.4) is 0 Å². The van der Waals surface area contributed by atoms with Crippen molar-refractivity contribution in [1.29, 1.82) is 0 Å². The molecule has 0 radical (unpaired) electrons. The molecule has 0 saturated heterocycles. The predicted octanol–water partition coefficient (Wildman–Crippen LogP) is 2.50. The average molecular weight is 314 g/mol. The number of ether oxygens (including phenoxy) is 1. The Hall–Kier alpha value is -1.46. The van der Waals surface area contributed by atoms with Crippen LogP contribution in [-0.2, 0) is 4.74 Å². The van der Waals surface area contributed by atoms with E-state index < -0.39 is 5.60 Å². The molecule has 0 bridgehead atoms. The minimum absolute atomic E-state index is 0.372. The lowest BCUT2D eigenvalue weighted by Gasteiger charge is -2.20. The molecule has 0 aromatic rings. The number of aliphatic imine (C=N–C) groups is 1. The number of hydrogen-bond acceptors (Lipinski definition) is 3. The number of alkyl carbamates (subject to hydrolysis) is 1. The van der Waals surface area contributed by atoms with Gasteiger partial charge in [0.25, 0.3) is 0 Å². The summed E-state index contributed by atoms with van der Waals surface area (Å²) in [5.41, 5.74) is -0.455. The molecule has 0 fully saturated rings. The van der Waals surface area contributed by atoms with Gasteiger partial charge in [-0.25, -0.2) is 4.79 Å². The van der Waals surface area contributed by atoms with E-state index in [2.05, 4.69) is 34.8 Å².